The van der Waals surface area contributed by atoms with Crippen LogP contribution in [0.4, 0.5) is 13.2 Å². The van der Waals surface area contributed by atoms with Crippen LogP contribution in [0.3, 0.4) is 0 Å². The van der Waals surface area contributed by atoms with Crippen LogP contribution in [0, 0.1) is 0 Å². The first-order valence-electron chi connectivity index (χ1n) is 4.35. The van der Waals surface area contributed by atoms with Crippen LogP contribution >= 0.6 is 11.6 Å². The monoisotopic (exact) mass is 254 g/mol. The highest BCUT2D eigenvalue weighted by Crippen LogP contribution is 2.32. The summed E-state index contributed by atoms with van der Waals surface area (Å²) in [7, 11) is 0. The second-order valence-electron chi connectivity index (χ2n) is 3.51. The quantitative estimate of drug-likeness (QED) is 0.793. The van der Waals surface area contributed by atoms with E-state index in [0.717, 1.165) is 12.1 Å². The standard InChI is InChI=1S/C9H10ClF3N2O/c1-8(16,4-14)5-2-3-6(9(11,12)13)15-7(5)10/h2-3,16H,4,14H2,1H3. The molecule has 0 aliphatic carbocycles. The highest BCUT2D eigenvalue weighted by molar-refractivity contribution is 6.30. The van der Waals surface area contributed by atoms with Crippen molar-refractivity contribution in [2.24, 2.45) is 5.73 Å². The molecule has 0 radical (unpaired) electrons. The van der Waals surface area contributed by atoms with E-state index in [1.165, 1.54) is 6.92 Å². The summed E-state index contributed by atoms with van der Waals surface area (Å²) in [5.41, 5.74) is 2.75. The fourth-order valence-corrected chi connectivity index (χ4v) is 1.46. The van der Waals surface area contributed by atoms with Crippen LogP contribution in [0.15, 0.2) is 12.1 Å². The van der Waals surface area contributed by atoms with E-state index in [1.807, 2.05) is 0 Å². The molecule has 0 aliphatic rings. The van der Waals surface area contributed by atoms with E-state index >= 15 is 0 Å². The number of nitrogens with zero attached hydrogens (tertiary/aromatic N) is 1. The van der Waals surface area contributed by atoms with Gasteiger partial charge in [-0.3, -0.25) is 0 Å². The molecule has 0 spiro atoms. The van der Waals surface area contributed by atoms with E-state index in [2.05, 4.69) is 4.98 Å². The Morgan fingerprint density at radius 2 is 2.00 bits per heavy atom. The Bertz CT molecular complexity index is 393. The Hall–Kier alpha value is -0.850. The molecule has 0 saturated heterocycles. The number of hydrogen-bond acceptors (Lipinski definition) is 3. The van der Waals surface area contributed by atoms with Gasteiger partial charge in [0.2, 0.25) is 0 Å². The van der Waals surface area contributed by atoms with Crippen LogP contribution in [-0.4, -0.2) is 16.6 Å². The summed E-state index contributed by atoms with van der Waals surface area (Å²) in [5.74, 6) is 0. The van der Waals surface area contributed by atoms with Crippen molar-refractivity contribution in [1.82, 2.24) is 4.98 Å². The van der Waals surface area contributed by atoms with Gasteiger partial charge < -0.3 is 10.8 Å². The second-order valence-corrected chi connectivity index (χ2v) is 3.87. The summed E-state index contributed by atoms with van der Waals surface area (Å²) >= 11 is 5.57. The summed E-state index contributed by atoms with van der Waals surface area (Å²) in [4.78, 5) is 3.18. The Kier molecular flexibility index (Phi) is 3.47. The van der Waals surface area contributed by atoms with Gasteiger partial charge in [0.15, 0.2) is 0 Å². The van der Waals surface area contributed by atoms with Crippen LogP contribution in [0.2, 0.25) is 5.15 Å². The van der Waals surface area contributed by atoms with Crippen molar-refractivity contribution in [2.45, 2.75) is 18.7 Å². The number of halogens is 4. The average Bonchev–Trinajstić information content (AvgIpc) is 2.16. The molecule has 0 aliphatic heterocycles. The van der Waals surface area contributed by atoms with Gasteiger partial charge in [0.05, 0.1) is 0 Å². The molecule has 16 heavy (non-hydrogen) atoms. The number of aliphatic hydroxyl groups is 1. The smallest absolute Gasteiger partial charge is 0.384 e. The molecule has 1 atom stereocenters. The van der Waals surface area contributed by atoms with E-state index in [0.29, 0.717) is 0 Å². The molecule has 0 fully saturated rings. The lowest BCUT2D eigenvalue weighted by Gasteiger charge is -2.22. The Balaban J connectivity index is 3.20. The zero-order valence-electron chi connectivity index (χ0n) is 8.35. The van der Waals surface area contributed by atoms with Crippen molar-refractivity contribution in [3.05, 3.63) is 28.5 Å². The lowest BCUT2D eigenvalue weighted by Crippen LogP contribution is -2.32. The van der Waals surface area contributed by atoms with Crippen LogP contribution in [0.5, 0.6) is 0 Å². The number of alkyl halides is 3. The third-order valence-corrected chi connectivity index (χ3v) is 2.40. The fraction of sp³-hybridized carbons (Fsp3) is 0.444. The van der Waals surface area contributed by atoms with Gasteiger partial charge in [-0.05, 0) is 13.0 Å². The molecule has 1 rings (SSSR count). The van der Waals surface area contributed by atoms with Gasteiger partial charge >= 0.3 is 6.18 Å². The summed E-state index contributed by atoms with van der Waals surface area (Å²) in [6, 6.07) is 1.83. The summed E-state index contributed by atoms with van der Waals surface area (Å²) < 4.78 is 36.8. The van der Waals surface area contributed by atoms with Gasteiger partial charge in [0.1, 0.15) is 16.4 Å². The maximum atomic E-state index is 12.3. The molecular weight excluding hydrogens is 245 g/mol. The lowest BCUT2D eigenvalue weighted by atomic mass is 9.98. The third kappa shape index (κ3) is 2.63. The van der Waals surface area contributed by atoms with Crippen molar-refractivity contribution < 1.29 is 18.3 Å². The van der Waals surface area contributed by atoms with Crippen molar-refractivity contribution >= 4 is 11.6 Å². The van der Waals surface area contributed by atoms with Crippen LogP contribution in [0.1, 0.15) is 18.2 Å². The third-order valence-electron chi connectivity index (χ3n) is 2.12. The minimum atomic E-state index is -4.56. The largest absolute Gasteiger partial charge is 0.433 e. The second kappa shape index (κ2) is 4.20. The Morgan fingerprint density at radius 3 is 2.38 bits per heavy atom. The molecule has 0 amide bonds. The van der Waals surface area contributed by atoms with Crippen molar-refractivity contribution in [1.29, 1.82) is 0 Å². The first-order chi connectivity index (χ1) is 7.18. The summed E-state index contributed by atoms with van der Waals surface area (Å²) in [6.07, 6.45) is -4.56. The molecule has 1 heterocycles. The highest BCUT2D eigenvalue weighted by Gasteiger charge is 2.34. The number of nitrogens with two attached hydrogens (primary N) is 1. The maximum Gasteiger partial charge on any atom is 0.433 e. The predicted molar refractivity (Wildman–Crippen MR) is 52.9 cm³/mol. The molecule has 1 aromatic rings. The average molecular weight is 255 g/mol. The first-order valence-corrected chi connectivity index (χ1v) is 4.73. The van der Waals surface area contributed by atoms with Gasteiger partial charge in [-0.25, -0.2) is 4.98 Å². The summed E-state index contributed by atoms with van der Waals surface area (Å²) in [6.45, 7) is 1.18. The number of pyridine rings is 1. The molecule has 90 valence electrons. The molecular formula is C9H10ClF3N2O. The van der Waals surface area contributed by atoms with E-state index in [4.69, 9.17) is 17.3 Å². The molecule has 0 saturated carbocycles. The predicted octanol–water partition coefficient (Wildman–Crippen LogP) is 1.92. The van der Waals surface area contributed by atoms with Gasteiger partial charge in [-0.1, -0.05) is 17.7 Å². The van der Waals surface area contributed by atoms with Crippen LogP contribution in [0.25, 0.3) is 0 Å². The van der Waals surface area contributed by atoms with E-state index < -0.39 is 22.6 Å². The highest BCUT2D eigenvalue weighted by atomic mass is 35.5. The van der Waals surface area contributed by atoms with Crippen LogP contribution < -0.4 is 5.73 Å². The fourth-order valence-electron chi connectivity index (χ4n) is 1.10. The minimum Gasteiger partial charge on any atom is -0.384 e. The molecule has 3 N–H and O–H groups in total. The maximum absolute atomic E-state index is 12.3. The van der Waals surface area contributed by atoms with E-state index in [9.17, 15) is 18.3 Å². The topological polar surface area (TPSA) is 59.1 Å². The van der Waals surface area contributed by atoms with Crippen molar-refractivity contribution in [3.63, 3.8) is 0 Å². The normalized spacial score (nSPS) is 15.9. The van der Waals surface area contributed by atoms with Gasteiger partial charge in [-0.2, -0.15) is 13.2 Å². The van der Waals surface area contributed by atoms with Crippen molar-refractivity contribution in [3.8, 4) is 0 Å². The van der Waals surface area contributed by atoms with E-state index in [-0.39, 0.29) is 12.1 Å². The molecule has 0 aromatic carbocycles. The minimum absolute atomic E-state index is 0.0738. The number of hydrogen-bond donors (Lipinski definition) is 2. The zero-order chi connectivity index (χ0) is 12.6. The van der Waals surface area contributed by atoms with Crippen molar-refractivity contribution in [2.75, 3.05) is 6.54 Å². The number of rotatable bonds is 2. The van der Waals surface area contributed by atoms with E-state index in [1.54, 1.807) is 0 Å². The van der Waals surface area contributed by atoms with Gasteiger partial charge in [0.25, 0.3) is 0 Å². The summed E-state index contributed by atoms with van der Waals surface area (Å²) in [5, 5.41) is 9.34. The zero-order valence-corrected chi connectivity index (χ0v) is 9.10. The van der Waals surface area contributed by atoms with Gasteiger partial charge in [-0.15, -0.1) is 0 Å². The molecule has 7 heteroatoms. The first kappa shape index (κ1) is 13.2. The molecule has 0 bridgehead atoms. The van der Waals surface area contributed by atoms with Crippen LogP contribution in [-0.2, 0) is 11.8 Å². The Morgan fingerprint density at radius 1 is 1.44 bits per heavy atom. The molecule has 1 aromatic heterocycles. The number of aromatic nitrogens is 1. The molecule has 1 unspecified atom stereocenters. The lowest BCUT2D eigenvalue weighted by molar-refractivity contribution is -0.141. The molecule has 3 nitrogen and oxygen atoms in total. The Labute approximate surface area is 95.0 Å². The SMILES string of the molecule is CC(O)(CN)c1ccc(C(F)(F)F)nc1Cl. The van der Waals surface area contributed by atoms with Gasteiger partial charge in [0, 0.05) is 12.1 Å².